The lowest BCUT2D eigenvalue weighted by Crippen LogP contribution is -2.34. The molecule has 4 heteroatoms. The van der Waals surface area contributed by atoms with E-state index in [-0.39, 0.29) is 0 Å². The van der Waals surface area contributed by atoms with E-state index in [0.29, 0.717) is 6.04 Å². The minimum Gasteiger partial charge on any atom is -0.340 e. The van der Waals surface area contributed by atoms with Crippen LogP contribution in [0.25, 0.3) is 0 Å². The normalized spacial score (nSPS) is 10.9. The molecule has 1 rings (SSSR count). The highest BCUT2D eigenvalue weighted by molar-refractivity contribution is 9.09. The van der Waals surface area contributed by atoms with Gasteiger partial charge in [0.1, 0.15) is 0 Å². The first-order valence-electron chi connectivity index (χ1n) is 4.96. The number of aryl methyl sites for hydroxylation is 1. The van der Waals surface area contributed by atoms with Crippen molar-refractivity contribution in [2.24, 2.45) is 7.05 Å². The van der Waals surface area contributed by atoms with E-state index in [0.717, 1.165) is 24.2 Å². The fraction of sp³-hybridized carbons (Fsp3) is 0.700. The zero-order valence-corrected chi connectivity index (χ0v) is 10.7. The highest BCUT2D eigenvalue weighted by atomic mass is 79.9. The molecule has 0 bridgehead atoms. The van der Waals surface area contributed by atoms with Gasteiger partial charge in [-0.2, -0.15) is 0 Å². The third-order valence-electron chi connectivity index (χ3n) is 2.21. The van der Waals surface area contributed by atoms with Gasteiger partial charge in [-0.25, -0.2) is 4.98 Å². The molecule has 0 fully saturated rings. The molecule has 14 heavy (non-hydrogen) atoms. The van der Waals surface area contributed by atoms with Gasteiger partial charge in [0.25, 0.3) is 0 Å². The van der Waals surface area contributed by atoms with Gasteiger partial charge in [-0.05, 0) is 20.3 Å². The Balaban J connectivity index is 2.73. The summed E-state index contributed by atoms with van der Waals surface area (Å²) in [5, 5.41) is 1.04. The summed E-state index contributed by atoms with van der Waals surface area (Å²) in [4.78, 5) is 6.68. The summed E-state index contributed by atoms with van der Waals surface area (Å²) in [7, 11) is 2.03. The van der Waals surface area contributed by atoms with Crippen LogP contribution in [0.15, 0.2) is 12.4 Å². The van der Waals surface area contributed by atoms with Crippen molar-refractivity contribution < 1.29 is 0 Å². The van der Waals surface area contributed by atoms with Gasteiger partial charge >= 0.3 is 0 Å². The Kier molecular flexibility index (Phi) is 4.45. The second-order valence-corrected chi connectivity index (χ2v) is 4.46. The molecule has 0 saturated carbocycles. The van der Waals surface area contributed by atoms with Crippen LogP contribution in [0.5, 0.6) is 0 Å². The van der Waals surface area contributed by atoms with E-state index in [2.05, 4.69) is 44.2 Å². The smallest absolute Gasteiger partial charge is 0.205 e. The first kappa shape index (κ1) is 11.6. The maximum absolute atomic E-state index is 4.36. The van der Waals surface area contributed by atoms with Crippen LogP contribution in [0, 0.1) is 0 Å². The first-order chi connectivity index (χ1) is 6.66. The van der Waals surface area contributed by atoms with Crippen molar-refractivity contribution in [1.82, 2.24) is 9.55 Å². The van der Waals surface area contributed by atoms with Crippen LogP contribution in [0.2, 0.25) is 0 Å². The lowest BCUT2D eigenvalue weighted by atomic mass is 10.3. The van der Waals surface area contributed by atoms with E-state index < -0.39 is 0 Å². The molecule has 0 atom stereocenters. The molecular weight excluding hydrogens is 242 g/mol. The van der Waals surface area contributed by atoms with Gasteiger partial charge in [-0.1, -0.05) is 15.9 Å². The van der Waals surface area contributed by atoms with Gasteiger partial charge < -0.3 is 9.47 Å². The number of rotatable bonds is 5. The van der Waals surface area contributed by atoms with E-state index in [1.54, 1.807) is 0 Å². The second-order valence-electron chi connectivity index (χ2n) is 3.67. The van der Waals surface area contributed by atoms with Crippen molar-refractivity contribution in [3.63, 3.8) is 0 Å². The largest absolute Gasteiger partial charge is 0.340 e. The number of anilines is 1. The molecule has 0 aromatic carbocycles. The standard InChI is InChI=1S/C10H18BrN3/c1-9(2)14(7-4-5-11)10-12-6-8-13(10)3/h6,8-9H,4-5,7H2,1-3H3. The summed E-state index contributed by atoms with van der Waals surface area (Å²) in [5.74, 6) is 1.06. The average molecular weight is 260 g/mol. The molecule has 0 unspecified atom stereocenters. The predicted molar refractivity (Wildman–Crippen MR) is 64.1 cm³/mol. The number of nitrogens with zero attached hydrogens (tertiary/aromatic N) is 3. The Labute approximate surface area is 94.3 Å². The molecule has 0 aliphatic heterocycles. The molecule has 1 aromatic heterocycles. The van der Waals surface area contributed by atoms with Gasteiger partial charge in [-0.3, -0.25) is 0 Å². The SMILES string of the molecule is CC(C)N(CCCBr)c1nccn1C. The van der Waals surface area contributed by atoms with Crippen LogP contribution in [-0.4, -0.2) is 27.5 Å². The van der Waals surface area contributed by atoms with Crippen molar-refractivity contribution in [3.05, 3.63) is 12.4 Å². The first-order valence-corrected chi connectivity index (χ1v) is 6.09. The van der Waals surface area contributed by atoms with Gasteiger partial charge in [0.05, 0.1) is 0 Å². The minimum atomic E-state index is 0.496. The highest BCUT2D eigenvalue weighted by Crippen LogP contribution is 2.13. The number of hydrogen-bond acceptors (Lipinski definition) is 2. The van der Waals surface area contributed by atoms with Crippen molar-refractivity contribution in [1.29, 1.82) is 0 Å². The highest BCUT2D eigenvalue weighted by Gasteiger charge is 2.13. The Morgan fingerprint density at radius 1 is 1.57 bits per heavy atom. The lowest BCUT2D eigenvalue weighted by molar-refractivity contribution is 0.640. The monoisotopic (exact) mass is 259 g/mol. The van der Waals surface area contributed by atoms with Gasteiger partial charge in [0.15, 0.2) is 0 Å². The van der Waals surface area contributed by atoms with E-state index in [9.17, 15) is 0 Å². The fourth-order valence-electron chi connectivity index (χ4n) is 1.45. The molecule has 0 N–H and O–H groups in total. The van der Waals surface area contributed by atoms with E-state index in [1.807, 2.05) is 19.4 Å². The topological polar surface area (TPSA) is 21.1 Å². The average Bonchev–Trinajstić information content (AvgIpc) is 2.52. The fourth-order valence-corrected chi connectivity index (χ4v) is 1.70. The molecule has 0 radical (unpaired) electrons. The summed E-state index contributed by atoms with van der Waals surface area (Å²) >= 11 is 3.45. The van der Waals surface area contributed by atoms with Crippen LogP contribution in [0.4, 0.5) is 5.95 Å². The lowest BCUT2D eigenvalue weighted by Gasteiger charge is -2.27. The quantitative estimate of drug-likeness (QED) is 0.758. The van der Waals surface area contributed by atoms with E-state index >= 15 is 0 Å². The Bertz CT molecular complexity index is 270. The third kappa shape index (κ3) is 2.74. The summed E-state index contributed by atoms with van der Waals surface area (Å²) in [5.41, 5.74) is 0. The second kappa shape index (κ2) is 5.39. The Morgan fingerprint density at radius 3 is 2.71 bits per heavy atom. The predicted octanol–water partition coefficient (Wildman–Crippen LogP) is 2.42. The van der Waals surface area contributed by atoms with Crippen molar-refractivity contribution >= 4 is 21.9 Å². The number of alkyl halides is 1. The maximum atomic E-state index is 4.36. The van der Waals surface area contributed by atoms with Crippen LogP contribution < -0.4 is 4.90 Å². The van der Waals surface area contributed by atoms with Crippen LogP contribution >= 0.6 is 15.9 Å². The molecule has 80 valence electrons. The summed E-state index contributed by atoms with van der Waals surface area (Å²) in [6.07, 6.45) is 4.97. The van der Waals surface area contributed by atoms with E-state index in [4.69, 9.17) is 0 Å². The van der Waals surface area contributed by atoms with Crippen molar-refractivity contribution in [2.45, 2.75) is 26.3 Å². The Hall–Kier alpha value is -0.510. The van der Waals surface area contributed by atoms with E-state index in [1.165, 1.54) is 0 Å². The third-order valence-corrected chi connectivity index (χ3v) is 2.77. The summed E-state index contributed by atoms with van der Waals surface area (Å²) < 4.78 is 2.06. The molecule has 0 saturated heterocycles. The van der Waals surface area contributed by atoms with Crippen molar-refractivity contribution in [2.75, 3.05) is 16.8 Å². The number of halogens is 1. The van der Waals surface area contributed by atoms with Crippen LogP contribution in [0.3, 0.4) is 0 Å². The zero-order chi connectivity index (χ0) is 10.6. The molecule has 1 heterocycles. The number of aromatic nitrogens is 2. The zero-order valence-electron chi connectivity index (χ0n) is 9.07. The van der Waals surface area contributed by atoms with Gasteiger partial charge in [0, 0.05) is 37.4 Å². The van der Waals surface area contributed by atoms with Gasteiger partial charge in [-0.15, -0.1) is 0 Å². The minimum absolute atomic E-state index is 0.496. The number of hydrogen-bond donors (Lipinski definition) is 0. The molecule has 0 aliphatic carbocycles. The molecule has 0 aliphatic rings. The molecular formula is C10H18BrN3. The van der Waals surface area contributed by atoms with Gasteiger partial charge in [0.2, 0.25) is 5.95 Å². The molecule has 3 nitrogen and oxygen atoms in total. The van der Waals surface area contributed by atoms with Crippen molar-refractivity contribution in [3.8, 4) is 0 Å². The summed E-state index contributed by atoms with van der Waals surface area (Å²) in [6, 6.07) is 0.496. The van der Waals surface area contributed by atoms with Crippen LogP contribution in [0.1, 0.15) is 20.3 Å². The van der Waals surface area contributed by atoms with Crippen LogP contribution in [-0.2, 0) is 7.05 Å². The maximum Gasteiger partial charge on any atom is 0.205 e. The summed E-state index contributed by atoms with van der Waals surface area (Å²) in [6.45, 7) is 5.44. The Morgan fingerprint density at radius 2 is 2.29 bits per heavy atom. The molecule has 0 amide bonds. The number of imidazole rings is 1. The molecule has 0 spiro atoms. The molecule has 1 aromatic rings.